The number of anilines is 1. The number of primary amides is 2. The molecule has 1 aliphatic carbocycles. The molecule has 7 N–H and O–H groups in total. The number of fused-ring (bicyclic) bond motifs is 2. The van der Waals surface area contributed by atoms with Crippen LogP contribution in [-0.2, 0) is 19.2 Å². The minimum Gasteiger partial charge on any atom is -0.369 e. The van der Waals surface area contributed by atoms with Gasteiger partial charge in [-0.05, 0) is 34.8 Å². The molecule has 1 saturated heterocycles. The summed E-state index contributed by atoms with van der Waals surface area (Å²) in [6.45, 7) is 9.77. The zero-order valence-corrected chi connectivity index (χ0v) is 20.9. The van der Waals surface area contributed by atoms with Crippen LogP contribution in [0.2, 0.25) is 0 Å². The van der Waals surface area contributed by atoms with Crippen LogP contribution in [0, 0.1) is 28.1 Å². The lowest BCUT2D eigenvalue weighted by Crippen LogP contribution is -2.59. The maximum Gasteiger partial charge on any atom is 0.240 e. The zero-order chi connectivity index (χ0) is 25.4. The largest absolute Gasteiger partial charge is 0.369 e. The van der Waals surface area contributed by atoms with Crippen molar-refractivity contribution >= 4 is 29.3 Å². The predicted molar refractivity (Wildman–Crippen MR) is 129 cm³/mol. The topological polar surface area (TPSA) is 192 Å². The molecule has 3 radical (unpaired) electrons. The number of para-hydroxylation sites is 1. The molecule has 0 aromatic heterocycles. The molecule has 4 rings (SSSR count). The molecule has 3 aliphatic rings. The summed E-state index contributed by atoms with van der Waals surface area (Å²) in [6, 6.07) is 5.45. The van der Waals surface area contributed by atoms with E-state index in [0.717, 1.165) is 5.56 Å². The highest BCUT2D eigenvalue weighted by Crippen LogP contribution is 2.78. The summed E-state index contributed by atoms with van der Waals surface area (Å²) in [5, 5.41) is 2.86. The normalized spacial score (nSPS) is 29.8. The van der Waals surface area contributed by atoms with Gasteiger partial charge in [-0.1, -0.05) is 52.8 Å². The van der Waals surface area contributed by atoms with Gasteiger partial charge in [0.15, 0.2) is 0 Å². The molecular weight excluding hydrogens is 448 g/mol. The van der Waals surface area contributed by atoms with Crippen LogP contribution in [0.3, 0.4) is 0 Å². The van der Waals surface area contributed by atoms with Gasteiger partial charge in [-0.2, -0.15) is 0 Å². The molecule has 0 bridgehead atoms. The Morgan fingerprint density at radius 2 is 1.77 bits per heavy atom. The molecule has 35 heavy (non-hydrogen) atoms. The first-order chi connectivity index (χ1) is 15.7. The molecule has 2 heterocycles. The standard InChI is InChI=1S/C25H35N5O4.N/c1-23(2,3)17(26)22(34)30-11-16-24(4,5)25(16,18(30)20(28)32)14(19(27)31)10-13-12-8-6-7-9-15(12)29-21(13)33;/h6-9,13-14,16-18H,10-11,26H2,1-5H3,(H2,27,31)(H2,28,32)(H,29,33);/t13?,14-,16?,17-,18?,25?;/m1./s1. The van der Waals surface area contributed by atoms with Crippen molar-refractivity contribution in [1.29, 1.82) is 0 Å². The van der Waals surface area contributed by atoms with E-state index in [-0.39, 0.29) is 36.8 Å². The van der Waals surface area contributed by atoms with Crippen LogP contribution in [0.4, 0.5) is 5.69 Å². The van der Waals surface area contributed by atoms with Gasteiger partial charge in [0.1, 0.15) is 6.04 Å². The highest BCUT2D eigenvalue weighted by atomic mass is 16.2. The number of piperidine rings is 1. The van der Waals surface area contributed by atoms with Crippen LogP contribution in [0.25, 0.3) is 0 Å². The summed E-state index contributed by atoms with van der Waals surface area (Å²) >= 11 is 0. The first-order valence-electron chi connectivity index (χ1n) is 11.7. The number of carbonyl (C=O) groups is 4. The lowest BCUT2D eigenvalue weighted by molar-refractivity contribution is -0.146. The molecule has 10 heteroatoms. The van der Waals surface area contributed by atoms with Crippen LogP contribution < -0.4 is 28.7 Å². The lowest BCUT2D eigenvalue weighted by atomic mass is 9.71. The second-order valence-electron chi connectivity index (χ2n) is 11.7. The van der Waals surface area contributed by atoms with Gasteiger partial charge in [-0.3, -0.25) is 19.2 Å². The number of likely N-dealkylation sites (tertiary alicyclic amines) is 1. The van der Waals surface area contributed by atoms with E-state index in [9.17, 15) is 19.2 Å². The van der Waals surface area contributed by atoms with Crippen LogP contribution >= 0.6 is 0 Å². The van der Waals surface area contributed by atoms with E-state index in [1.54, 1.807) is 0 Å². The van der Waals surface area contributed by atoms with Crippen molar-refractivity contribution in [3.8, 4) is 0 Å². The van der Waals surface area contributed by atoms with Crippen LogP contribution in [-0.4, -0.2) is 47.2 Å². The highest BCUT2D eigenvalue weighted by molar-refractivity contribution is 6.03. The summed E-state index contributed by atoms with van der Waals surface area (Å²) in [5.41, 5.74) is 17.6. The average Bonchev–Trinajstić information content (AvgIpc) is 3.03. The third kappa shape index (κ3) is 3.61. The predicted octanol–water partition coefficient (Wildman–Crippen LogP) is 0.445. The molecule has 1 aromatic carbocycles. The van der Waals surface area contributed by atoms with E-state index in [4.69, 9.17) is 17.2 Å². The number of hydrogen-bond donors (Lipinski definition) is 4. The second kappa shape index (κ2) is 8.30. The second-order valence-corrected chi connectivity index (χ2v) is 11.7. The number of rotatable bonds is 6. The van der Waals surface area contributed by atoms with Gasteiger partial charge >= 0.3 is 0 Å². The van der Waals surface area contributed by atoms with Gasteiger partial charge in [0.2, 0.25) is 23.6 Å². The van der Waals surface area contributed by atoms with Gasteiger partial charge in [-0.25, -0.2) is 0 Å². The van der Waals surface area contributed by atoms with Crippen molar-refractivity contribution in [3.05, 3.63) is 29.8 Å². The van der Waals surface area contributed by atoms with E-state index in [1.807, 2.05) is 58.9 Å². The number of nitrogens with one attached hydrogen (secondary N) is 1. The third-order valence-corrected chi connectivity index (χ3v) is 8.68. The maximum absolute atomic E-state index is 13.4. The Hall–Kier alpha value is -2.98. The molecule has 4 amide bonds. The Morgan fingerprint density at radius 1 is 1.17 bits per heavy atom. The summed E-state index contributed by atoms with van der Waals surface area (Å²) in [4.78, 5) is 53.5. The molecule has 2 aliphatic heterocycles. The molecule has 4 unspecified atom stereocenters. The summed E-state index contributed by atoms with van der Waals surface area (Å²) in [7, 11) is 0. The average molecular weight is 484 g/mol. The summed E-state index contributed by atoms with van der Waals surface area (Å²) in [6.07, 6.45) is 0.134. The quantitative estimate of drug-likeness (QED) is 0.455. The number of nitrogens with two attached hydrogens (primary N) is 3. The molecule has 1 saturated carbocycles. The van der Waals surface area contributed by atoms with Crippen molar-refractivity contribution < 1.29 is 19.2 Å². The Balaban J connectivity index is 0.00000342. The maximum atomic E-state index is 13.4. The SMILES string of the molecule is CC(C)(C)[C@H](N)C(=O)N1CC2C(C)(C)C2([C@H](CC2C(=O)Nc3ccccc32)C(N)=O)C1C(N)=O.[N]. The third-order valence-electron chi connectivity index (χ3n) is 8.68. The van der Waals surface area contributed by atoms with Crippen molar-refractivity contribution in [1.82, 2.24) is 11.1 Å². The summed E-state index contributed by atoms with van der Waals surface area (Å²) < 4.78 is 0. The Kier molecular flexibility index (Phi) is 6.32. The minimum absolute atomic E-state index is 0. The van der Waals surface area contributed by atoms with Gasteiger partial charge < -0.3 is 27.4 Å². The zero-order valence-electron chi connectivity index (χ0n) is 20.9. The minimum atomic E-state index is -1.04. The van der Waals surface area contributed by atoms with E-state index in [2.05, 4.69) is 5.32 Å². The van der Waals surface area contributed by atoms with E-state index < -0.39 is 52.0 Å². The molecule has 10 nitrogen and oxygen atoms in total. The van der Waals surface area contributed by atoms with Gasteiger partial charge in [0.05, 0.1) is 12.0 Å². The molecule has 189 valence electrons. The fraction of sp³-hybridized carbons (Fsp3) is 0.600. The Labute approximate surface area is 205 Å². The number of nitrogens with zero attached hydrogens (tertiary/aromatic N) is 2. The van der Waals surface area contributed by atoms with Crippen LogP contribution in [0.15, 0.2) is 24.3 Å². The first kappa shape index (κ1) is 26.6. The monoisotopic (exact) mass is 483 g/mol. The Morgan fingerprint density at radius 3 is 2.31 bits per heavy atom. The Bertz CT molecular complexity index is 1080. The molecular formula is C25H35N6O4. The first-order valence-corrected chi connectivity index (χ1v) is 11.7. The molecule has 1 aromatic rings. The van der Waals surface area contributed by atoms with Gasteiger partial charge in [0, 0.05) is 29.7 Å². The smallest absolute Gasteiger partial charge is 0.240 e. The van der Waals surface area contributed by atoms with Crippen molar-refractivity contribution in [2.75, 3.05) is 11.9 Å². The fourth-order valence-corrected chi connectivity index (χ4v) is 6.75. The number of carbonyl (C=O) groups excluding carboxylic acids is 4. The van der Waals surface area contributed by atoms with Crippen LogP contribution in [0.5, 0.6) is 0 Å². The molecule has 6 atom stereocenters. The van der Waals surface area contributed by atoms with E-state index in [0.29, 0.717) is 5.69 Å². The summed E-state index contributed by atoms with van der Waals surface area (Å²) in [5.74, 6) is -3.48. The van der Waals surface area contributed by atoms with Crippen molar-refractivity contribution in [3.63, 3.8) is 0 Å². The number of hydrogen-bond acceptors (Lipinski definition) is 5. The fourth-order valence-electron chi connectivity index (χ4n) is 6.75. The van der Waals surface area contributed by atoms with Gasteiger partial charge in [-0.15, -0.1) is 0 Å². The van der Waals surface area contributed by atoms with E-state index >= 15 is 0 Å². The van der Waals surface area contributed by atoms with Crippen molar-refractivity contribution in [2.24, 2.45) is 45.3 Å². The number of amides is 4. The lowest BCUT2D eigenvalue weighted by Gasteiger charge is -2.40. The number of benzene rings is 1. The van der Waals surface area contributed by atoms with E-state index in [1.165, 1.54) is 4.90 Å². The molecule has 2 fully saturated rings. The highest BCUT2D eigenvalue weighted by Gasteiger charge is 2.83. The van der Waals surface area contributed by atoms with Crippen LogP contribution in [0.1, 0.15) is 52.5 Å². The van der Waals surface area contributed by atoms with Gasteiger partial charge in [0.25, 0.3) is 0 Å². The van der Waals surface area contributed by atoms with Crippen molar-refractivity contribution in [2.45, 2.75) is 59.0 Å². The molecule has 0 spiro atoms.